The largest absolute Gasteiger partial charge is 0.354 e. The van der Waals surface area contributed by atoms with E-state index in [1.807, 2.05) is 23.1 Å². The van der Waals surface area contributed by atoms with Gasteiger partial charge in [0.05, 0.1) is 12.2 Å². The predicted molar refractivity (Wildman–Crippen MR) is 139 cm³/mol. The van der Waals surface area contributed by atoms with Crippen LogP contribution in [0.15, 0.2) is 30.3 Å². The monoisotopic (exact) mass is 463 g/mol. The Morgan fingerprint density at radius 1 is 0.882 bits per heavy atom. The maximum Gasteiger partial charge on any atom is 0.222 e. The van der Waals surface area contributed by atoms with E-state index in [2.05, 4.69) is 35.9 Å². The number of unbranched alkanes of at least 4 members (excludes halogenated alkanes) is 6. The van der Waals surface area contributed by atoms with Crippen molar-refractivity contribution in [3.63, 3.8) is 0 Å². The molecule has 0 N–H and O–H groups in total. The number of likely N-dealkylation sites (N-methyl/N-ethyl adjacent to an activating group) is 1. The molecule has 0 unspecified atom stereocenters. The first-order chi connectivity index (χ1) is 16.7. The summed E-state index contributed by atoms with van der Waals surface area (Å²) in [7, 11) is 2.17. The molecule has 6 heteroatoms. The van der Waals surface area contributed by atoms with Gasteiger partial charge in [0, 0.05) is 56.7 Å². The fourth-order valence-corrected chi connectivity index (χ4v) is 5.00. The fourth-order valence-electron chi connectivity index (χ4n) is 5.00. The van der Waals surface area contributed by atoms with Crippen LogP contribution >= 0.6 is 0 Å². The van der Waals surface area contributed by atoms with Crippen molar-refractivity contribution in [2.45, 2.75) is 71.3 Å². The summed E-state index contributed by atoms with van der Waals surface area (Å²) in [6, 6.07) is 10.3. The second-order valence-electron chi connectivity index (χ2n) is 9.89. The Hall–Kier alpha value is -2.47. The molecule has 1 aromatic heterocycles. The van der Waals surface area contributed by atoms with Gasteiger partial charge < -0.3 is 14.7 Å². The van der Waals surface area contributed by atoms with E-state index in [0.29, 0.717) is 13.0 Å². The summed E-state index contributed by atoms with van der Waals surface area (Å²) in [5, 5.41) is 0. The van der Waals surface area contributed by atoms with Crippen molar-refractivity contribution >= 4 is 11.7 Å². The smallest absolute Gasteiger partial charge is 0.222 e. The van der Waals surface area contributed by atoms with E-state index in [-0.39, 0.29) is 5.91 Å². The van der Waals surface area contributed by atoms with E-state index < -0.39 is 0 Å². The maximum absolute atomic E-state index is 13.0. The number of carbonyl (C=O) groups is 1. The second kappa shape index (κ2) is 12.3. The van der Waals surface area contributed by atoms with Gasteiger partial charge in [0.1, 0.15) is 5.82 Å². The third-order valence-electron chi connectivity index (χ3n) is 7.22. The first-order valence-corrected chi connectivity index (χ1v) is 13.3. The lowest BCUT2D eigenvalue weighted by atomic mass is 10.0. The molecule has 34 heavy (non-hydrogen) atoms. The van der Waals surface area contributed by atoms with Gasteiger partial charge >= 0.3 is 0 Å². The Morgan fingerprint density at radius 3 is 2.32 bits per heavy atom. The van der Waals surface area contributed by atoms with E-state index >= 15 is 0 Å². The molecule has 2 aliphatic rings. The number of nitrogens with zero attached hydrogens (tertiary/aromatic N) is 5. The number of hydrogen-bond acceptors (Lipinski definition) is 5. The lowest BCUT2D eigenvalue weighted by Crippen LogP contribution is -2.46. The van der Waals surface area contributed by atoms with Crippen LogP contribution in [-0.2, 0) is 17.8 Å². The predicted octanol–water partition coefficient (Wildman–Crippen LogP) is 4.92. The first kappa shape index (κ1) is 24.6. The Balaban J connectivity index is 1.46. The molecule has 0 radical (unpaired) electrons. The third-order valence-corrected chi connectivity index (χ3v) is 7.22. The normalized spacial score (nSPS) is 16.5. The Bertz CT molecular complexity index is 924. The molecule has 1 saturated heterocycles. The molecular formula is C28H41N5O. The molecule has 2 aliphatic heterocycles. The van der Waals surface area contributed by atoms with Gasteiger partial charge in [-0.15, -0.1) is 0 Å². The summed E-state index contributed by atoms with van der Waals surface area (Å²) in [6.07, 6.45) is 10.1. The van der Waals surface area contributed by atoms with Gasteiger partial charge in [-0.2, -0.15) is 0 Å². The molecule has 2 aromatic rings. The number of anilines is 1. The standard InChI is InChI=1S/C28H41N5O/c1-3-4-5-6-7-8-12-15-26(34)33-17-16-25-24(22-33)28(32-20-18-31(2)19-21-32)30-27(29-25)23-13-10-9-11-14-23/h9-11,13-14H,3-8,12,15-22H2,1-2H3. The molecule has 0 spiro atoms. The van der Waals surface area contributed by atoms with Crippen LogP contribution in [0.3, 0.4) is 0 Å². The van der Waals surface area contributed by atoms with Crippen LogP contribution < -0.4 is 4.90 Å². The average molecular weight is 464 g/mol. The van der Waals surface area contributed by atoms with Crippen molar-refractivity contribution in [3.05, 3.63) is 41.6 Å². The molecular weight excluding hydrogens is 422 g/mol. The van der Waals surface area contributed by atoms with Crippen LogP contribution in [0.5, 0.6) is 0 Å². The van der Waals surface area contributed by atoms with E-state index in [1.165, 1.54) is 32.1 Å². The van der Waals surface area contributed by atoms with E-state index in [9.17, 15) is 4.79 Å². The lowest BCUT2D eigenvalue weighted by Gasteiger charge is -2.37. The first-order valence-electron chi connectivity index (χ1n) is 13.3. The van der Waals surface area contributed by atoms with Gasteiger partial charge in [-0.1, -0.05) is 75.8 Å². The van der Waals surface area contributed by atoms with Crippen molar-refractivity contribution in [1.82, 2.24) is 19.8 Å². The number of fused-ring (bicyclic) bond motifs is 1. The Labute approximate surface area is 205 Å². The van der Waals surface area contributed by atoms with E-state index in [4.69, 9.17) is 9.97 Å². The Kier molecular flexibility index (Phi) is 8.91. The van der Waals surface area contributed by atoms with Crippen LogP contribution in [0, 0.1) is 0 Å². The topological polar surface area (TPSA) is 52.6 Å². The van der Waals surface area contributed by atoms with Gasteiger partial charge in [-0.25, -0.2) is 9.97 Å². The van der Waals surface area contributed by atoms with Crippen molar-refractivity contribution in [3.8, 4) is 11.4 Å². The minimum Gasteiger partial charge on any atom is -0.354 e. The van der Waals surface area contributed by atoms with Crippen molar-refractivity contribution in [2.75, 3.05) is 44.7 Å². The highest BCUT2D eigenvalue weighted by Crippen LogP contribution is 2.30. The highest BCUT2D eigenvalue weighted by Gasteiger charge is 2.28. The number of amides is 1. The average Bonchev–Trinajstić information content (AvgIpc) is 2.88. The lowest BCUT2D eigenvalue weighted by molar-refractivity contribution is -0.132. The van der Waals surface area contributed by atoms with Crippen molar-refractivity contribution in [1.29, 1.82) is 0 Å². The van der Waals surface area contributed by atoms with Gasteiger partial charge in [-0.05, 0) is 13.5 Å². The van der Waals surface area contributed by atoms with Gasteiger partial charge in [-0.3, -0.25) is 4.79 Å². The van der Waals surface area contributed by atoms with Crippen LogP contribution in [0.1, 0.15) is 69.5 Å². The minimum atomic E-state index is 0.288. The summed E-state index contributed by atoms with van der Waals surface area (Å²) in [6.45, 7) is 7.62. The molecule has 1 amide bonds. The molecule has 3 heterocycles. The molecule has 6 nitrogen and oxygen atoms in total. The summed E-state index contributed by atoms with van der Waals surface area (Å²) < 4.78 is 0. The third kappa shape index (κ3) is 6.35. The quantitative estimate of drug-likeness (QED) is 0.468. The van der Waals surface area contributed by atoms with Gasteiger partial charge in [0.2, 0.25) is 5.91 Å². The number of carbonyl (C=O) groups excluding carboxylic acids is 1. The van der Waals surface area contributed by atoms with Crippen LogP contribution in [0.4, 0.5) is 5.82 Å². The number of piperazine rings is 1. The van der Waals surface area contributed by atoms with E-state index in [0.717, 1.165) is 80.4 Å². The molecule has 184 valence electrons. The molecule has 0 bridgehead atoms. The van der Waals surface area contributed by atoms with Gasteiger partial charge in [0.15, 0.2) is 5.82 Å². The summed E-state index contributed by atoms with van der Waals surface area (Å²) in [4.78, 5) is 29.9. The number of aromatic nitrogens is 2. The van der Waals surface area contributed by atoms with Crippen molar-refractivity contribution < 1.29 is 4.79 Å². The van der Waals surface area contributed by atoms with E-state index in [1.54, 1.807) is 0 Å². The van der Waals surface area contributed by atoms with Gasteiger partial charge in [0.25, 0.3) is 0 Å². The second-order valence-corrected chi connectivity index (χ2v) is 9.89. The molecule has 1 fully saturated rings. The molecule has 0 aliphatic carbocycles. The zero-order valence-corrected chi connectivity index (χ0v) is 21.1. The van der Waals surface area contributed by atoms with Crippen LogP contribution in [-0.4, -0.2) is 65.4 Å². The number of rotatable bonds is 10. The highest BCUT2D eigenvalue weighted by molar-refractivity contribution is 5.77. The SMILES string of the molecule is CCCCCCCCCC(=O)N1CCc2nc(-c3ccccc3)nc(N3CCN(C)CC3)c2C1. The highest BCUT2D eigenvalue weighted by atomic mass is 16.2. The molecule has 0 saturated carbocycles. The van der Waals surface area contributed by atoms with Crippen LogP contribution in [0.25, 0.3) is 11.4 Å². The molecule has 4 rings (SSSR count). The Morgan fingerprint density at radius 2 is 1.59 bits per heavy atom. The summed E-state index contributed by atoms with van der Waals surface area (Å²) in [5.41, 5.74) is 3.32. The zero-order chi connectivity index (χ0) is 23.8. The summed E-state index contributed by atoms with van der Waals surface area (Å²) >= 11 is 0. The number of hydrogen-bond donors (Lipinski definition) is 0. The number of benzene rings is 1. The van der Waals surface area contributed by atoms with Crippen molar-refractivity contribution in [2.24, 2.45) is 0 Å². The minimum absolute atomic E-state index is 0.288. The fraction of sp³-hybridized carbons (Fsp3) is 0.607. The summed E-state index contributed by atoms with van der Waals surface area (Å²) in [5.74, 6) is 2.12. The molecule has 1 aromatic carbocycles. The van der Waals surface area contributed by atoms with Crippen LogP contribution in [0.2, 0.25) is 0 Å². The maximum atomic E-state index is 13.0. The zero-order valence-electron chi connectivity index (χ0n) is 21.1. The molecule has 0 atom stereocenters.